The van der Waals surface area contributed by atoms with Crippen molar-refractivity contribution >= 4 is 18.2 Å². The average molecular weight is 571 g/mol. The molecule has 2 aromatic carbocycles. The van der Waals surface area contributed by atoms with Crippen LogP contribution in [0.1, 0.15) is 51.3 Å². The van der Waals surface area contributed by atoms with Gasteiger partial charge < -0.3 is 39.4 Å². The van der Waals surface area contributed by atoms with Crippen LogP contribution in [0, 0.1) is 0 Å². The Morgan fingerprint density at radius 1 is 1.02 bits per heavy atom. The van der Waals surface area contributed by atoms with Gasteiger partial charge in [0.05, 0.1) is 44.8 Å². The third-order valence-electron chi connectivity index (χ3n) is 5.84. The van der Waals surface area contributed by atoms with E-state index in [4.69, 9.17) is 23.7 Å². The number of nitrogens with one attached hydrogen (secondary N) is 3. The molecule has 0 bridgehead atoms. The predicted molar refractivity (Wildman–Crippen MR) is 152 cm³/mol. The summed E-state index contributed by atoms with van der Waals surface area (Å²) in [5.74, 6) is 1.46. The van der Waals surface area contributed by atoms with Crippen LogP contribution >= 0.6 is 0 Å². The second kappa shape index (κ2) is 15.4. The Hall–Kier alpha value is -4.45. The van der Waals surface area contributed by atoms with Gasteiger partial charge in [0.2, 0.25) is 0 Å². The van der Waals surface area contributed by atoms with Crippen LogP contribution in [0.2, 0.25) is 0 Å². The lowest BCUT2D eigenvalue weighted by Gasteiger charge is -2.28. The first kappa shape index (κ1) is 31.1. The van der Waals surface area contributed by atoms with Crippen LogP contribution in [0.25, 0.3) is 0 Å². The Morgan fingerprint density at radius 2 is 1.71 bits per heavy atom. The molecule has 0 saturated heterocycles. The fourth-order valence-corrected chi connectivity index (χ4v) is 4.02. The molecule has 0 radical (unpaired) electrons. The molecule has 1 heterocycles. The van der Waals surface area contributed by atoms with E-state index in [0.717, 1.165) is 12.0 Å². The Kier molecular flexibility index (Phi) is 11.6. The number of aliphatic hydroxyl groups is 1. The number of hydrogen-bond donors (Lipinski definition) is 4. The van der Waals surface area contributed by atoms with E-state index < -0.39 is 24.3 Å². The maximum atomic E-state index is 12.4. The van der Waals surface area contributed by atoms with Crippen LogP contribution in [0.4, 0.5) is 4.79 Å². The molecular weight excluding hydrogens is 532 g/mol. The number of hydrazone groups is 1. The van der Waals surface area contributed by atoms with Crippen molar-refractivity contribution in [1.82, 2.24) is 16.1 Å². The van der Waals surface area contributed by atoms with Crippen LogP contribution in [-0.4, -0.2) is 63.1 Å². The van der Waals surface area contributed by atoms with E-state index in [0.29, 0.717) is 54.1 Å². The molecule has 222 valence electrons. The number of urea groups is 1. The van der Waals surface area contributed by atoms with Gasteiger partial charge in [-0.1, -0.05) is 13.0 Å². The highest BCUT2D eigenvalue weighted by atomic mass is 16.5. The first-order valence-electron chi connectivity index (χ1n) is 13.4. The lowest BCUT2D eigenvalue weighted by Crippen LogP contribution is -2.45. The maximum absolute atomic E-state index is 12.4. The van der Waals surface area contributed by atoms with Crippen molar-refractivity contribution in [2.75, 3.05) is 33.5 Å². The highest BCUT2D eigenvalue weighted by molar-refractivity contribution is 5.95. The number of benzene rings is 2. The zero-order valence-corrected chi connectivity index (χ0v) is 24.0. The first-order valence-corrected chi connectivity index (χ1v) is 13.4. The number of carbonyl (C=O) groups excluding carboxylic acids is 2. The van der Waals surface area contributed by atoms with Crippen molar-refractivity contribution in [3.8, 4) is 23.0 Å². The van der Waals surface area contributed by atoms with E-state index in [-0.39, 0.29) is 12.2 Å². The SMILES string of the molecule is CCCOc1ccc(/C=N\N[C@@H](O)COc2ccc([C@H]3NC(=O)NC(C)=C3C(=O)OC)cc2OCC)cc1OCC. The molecule has 0 unspecified atom stereocenters. The highest BCUT2D eigenvalue weighted by Gasteiger charge is 2.32. The summed E-state index contributed by atoms with van der Waals surface area (Å²) in [6.07, 6.45) is 1.31. The van der Waals surface area contributed by atoms with Gasteiger partial charge in [0.15, 0.2) is 29.2 Å². The van der Waals surface area contributed by atoms with E-state index in [2.05, 4.69) is 21.2 Å². The van der Waals surface area contributed by atoms with Crippen LogP contribution in [0.15, 0.2) is 52.8 Å². The monoisotopic (exact) mass is 570 g/mol. The summed E-state index contributed by atoms with van der Waals surface area (Å²) in [6.45, 7) is 8.67. The molecule has 3 rings (SSSR count). The van der Waals surface area contributed by atoms with Crippen molar-refractivity contribution < 1.29 is 38.4 Å². The van der Waals surface area contributed by atoms with Crippen molar-refractivity contribution in [2.24, 2.45) is 5.10 Å². The quantitative estimate of drug-likeness (QED) is 0.109. The molecule has 12 nitrogen and oxygen atoms in total. The van der Waals surface area contributed by atoms with E-state index >= 15 is 0 Å². The molecule has 4 N–H and O–H groups in total. The van der Waals surface area contributed by atoms with E-state index in [1.807, 2.05) is 39.0 Å². The predicted octanol–water partition coefficient (Wildman–Crippen LogP) is 3.39. The number of carbonyl (C=O) groups is 2. The standard InChI is InChI=1S/C29H38N4O8/c1-6-13-40-21-11-9-19(14-23(21)38-7-2)16-30-33-25(34)17-41-22-12-10-20(15-24(22)39-8-3)27-26(28(35)37-5)18(4)31-29(36)32-27/h9-12,14-16,25,27,33-34H,6-8,13,17H2,1-5H3,(H2,31,32,36)/b30-16-/t25-,27+/m0/s1. The minimum absolute atomic E-state index is 0.138. The van der Waals surface area contributed by atoms with Gasteiger partial charge in [-0.05, 0) is 68.7 Å². The fourth-order valence-electron chi connectivity index (χ4n) is 4.02. The van der Waals surface area contributed by atoms with Crippen LogP contribution in [0.3, 0.4) is 0 Å². The van der Waals surface area contributed by atoms with Crippen LogP contribution < -0.4 is 35.0 Å². The van der Waals surface area contributed by atoms with Crippen molar-refractivity contribution in [3.63, 3.8) is 0 Å². The molecule has 0 spiro atoms. The number of ether oxygens (including phenoxy) is 5. The molecule has 41 heavy (non-hydrogen) atoms. The van der Waals surface area contributed by atoms with Crippen molar-refractivity contribution in [2.45, 2.75) is 46.4 Å². The molecule has 0 fully saturated rings. The molecule has 1 aliphatic rings. The number of allylic oxidation sites excluding steroid dienone is 1. The number of amides is 2. The average Bonchev–Trinajstić information content (AvgIpc) is 2.95. The highest BCUT2D eigenvalue weighted by Crippen LogP contribution is 2.35. The molecule has 2 atom stereocenters. The number of aliphatic hydroxyl groups excluding tert-OH is 1. The zero-order chi connectivity index (χ0) is 29.8. The summed E-state index contributed by atoms with van der Waals surface area (Å²) >= 11 is 0. The summed E-state index contributed by atoms with van der Waals surface area (Å²) in [5, 5.41) is 19.8. The third-order valence-corrected chi connectivity index (χ3v) is 5.84. The summed E-state index contributed by atoms with van der Waals surface area (Å²) in [6, 6.07) is 9.30. The Morgan fingerprint density at radius 3 is 2.39 bits per heavy atom. The molecule has 1 aliphatic heterocycles. The second-order valence-corrected chi connectivity index (χ2v) is 8.90. The van der Waals surface area contributed by atoms with E-state index in [9.17, 15) is 14.7 Å². The Labute approximate surface area is 239 Å². The van der Waals surface area contributed by atoms with Gasteiger partial charge in [-0.25, -0.2) is 9.59 Å². The topological polar surface area (TPSA) is 149 Å². The number of methoxy groups -OCH3 is 1. The molecule has 12 heteroatoms. The largest absolute Gasteiger partial charge is 0.490 e. The number of esters is 1. The van der Waals surface area contributed by atoms with Crippen molar-refractivity contribution in [3.05, 3.63) is 58.8 Å². The molecule has 0 saturated carbocycles. The summed E-state index contributed by atoms with van der Waals surface area (Å²) in [4.78, 5) is 24.5. The molecule has 0 aromatic heterocycles. The van der Waals surface area contributed by atoms with Gasteiger partial charge in [0.25, 0.3) is 0 Å². The number of hydrogen-bond acceptors (Lipinski definition) is 10. The third kappa shape index (κ3) is 8.52. The Bertz CT molecular complexity index is 1260. The second-order valence-electron chi connectivity index (χ2n) is 8.90. The van der Waals surface area contributed by atoms with Gasteiger partial charge >= 0.3 is 12.0 Å². The van der Waals surface area contributed by atoms with E-state index in [1.54, 1.807) is 31.3 Å². The molecule has 0 aliphatic carbocycles. The lowest BCUT2D eigenvalue weighted by atomic mass is 9.95. The number of nitrogens with zero attached hydrogens (tertiary/aromatic N) is 1. The summed E-state index contributed by atoms with van der Waals surface area (Å²) in [5.41, 5.74) is 4.65. The minimum Gasteiger partial charge on any atom is -0.490 e. The maximum Gasteiger partial charge on any atom is 0.337 e. The number of rotatable bonds is 15. The Balaban J connectivity index is 1.67. The van der Waals surface area contributed by atoms with Crippen LogP contribution in [-0.2, 0) is 9.53 Å². The summed E-state index contributed by atoms with van der Waals surface area (Å²) in [7, 11) is 1.28. The zero-order valence-electron chi connectivity index (χ0n) is 24.0. The normalized spacial score (nSPS) is 15.6. The van der Waals surface area contributed by atoms with Gasteiger partial charge in [-0.2, -0.15) is 5.10 Å². The fraction of sp³-hybridized carbons (Fsp3) is 0.414. The van der Waals surface area contributed by atoms with Gasteiger partial charge in [0.1, 0.15) is 6.61 Å². The van der Waals surface area contributed by atoms with Gasteiger partial charge in [-0.3, -0.25) is 5.43 Å². The minimum atomic E-state index is -1.13. The van der Waals surface area contributed by atoms with Crippen LogP contribution in [0.5, 0.6) is 23.0 Å². The van der Waals surface area contributed by atoms with E-state index in [1.165, 1.54) is 7.11 Å². The lowest BCUT2D eigenvalue weighted by molar-refractivity contribution is -0.136. The molecular formula is C29H38N4O8. The summed E-state index contributed by atoms with van der Waals surface area (Å²) < 4.78 is 27.8. The molecule has 2 amide bonds. The smallest absolute Gasteiger partial charge is 0.337 e. The van der Waals surface area contributed by atoms with Gasteiger partial charge in [0, 0.05) is 5.70 Å². The molecule has 2 aromatic rings. The first-order chi connectivity index (χ1) is 19.8. The van der Waals surface area contributed by atoms with Gasteiger partial charge in [-0.15, -0.1) is 0 Å². The van der Waals surface area contributed by atoms with Crippen molar-refractivity contribution in [1.29, 1.82) is 0 Å².